The van der Waals surface area contributed by atoms with E-state index in [-0.39, 0.29) is 0 Å². The first-order chi connectivity index (χ1) is 11.1. The summed E-state index contributed by atoms with van der Waals surface area (Å²) in [5.74, 6) is -1.35. The Morgan fingerprint density at radius 2 is 1.58 bits per heavy atom. The van der Waals surface area contributed by atoms with Crippen LogP contribution < -0.4 is 5.32 Å². The molecule has 1 amide bonds. The zero-order chi connectivity index (χ0) is 18.6. The fourth-order valence-electron chi connectivity index (χ4n) is 2.18. The van der Waals surface area contributed by atoms with E-state index in [1.165, 1.54) is 0 Å². The highest BCUT2D eigenvalue weighted by atomic mass is 16.6. The molecule has 12 heteroatoms. The van der Waals surface area contributed by atoms with Gasteiger partial charge in [0.15, 0.2) is 12.4 Å². The summed E-state index contributed by atoms with van der Waals surface area (Å²) in [6.45, 7) is -1.64. The molecule has 1 saturated heterocycles. The molecule has 4 unspecified atom stereocenters. The van der Waals surface area contributed by atoms with Crippen molar-refractivity contribution >= 4 is 5.91 Å². The van der Waals surface area contributed by atoms with Crippen molar-refractivity contribution < 1.29 is 55.5 Å². The standard InChI is InChI=1S/C12H23NO11/c14-1-3(16)6(17)9(20)10(21)11(22)13-5-8(19)7(18)4(2-15)24-12(5)23/h3-10,12,14-21,23H,1-2H2,(H,13,22)/t3?,4-,5-,6?,7-,8-,9?,10?,12-/m1/s1. The second-order valence-electron chi connectivity index (χ2n) is 5.44. The summed E-state index contributed by atoms with van der Waals surface area (Å²) in [5, 5.41) is 86.5. The van der Waals surface area contributed by atoms with Crippen LogP contribution in [-0.2, 0) is 9.53 Å². The van der Waals surface area contributed by atoms with Crippen LogP contribution >= 0.6 is 0 Å². The van der Waals surface area contributed by atoms with Crippen LogP contribution in [0.2, 0.25) is 0 Å². The predicted octanol–water partition coefficient (Wildman–Crippen LogP) is -6.66. The maximum atomic E-state index is 11.8. The SMILES string of the molecule is O=C(N[C@@H]1[C@@H](O)[C@H](O)[C@@H](CO)O[C@H]1O)C(O)C(O)C(O)C(O)CO. The van der Waals surface area contributed by atoms with Crippen LogP contribution in [0.5, 0.6) is 0 Å². The molecule has 0 aromatic heterocycles. The van der Waals surface area contributed by atoms with Crippen LogP contribution in [-0.4, -0.2) is 120 Å². The average molecular weight is 357 g/mol. The number of carbonyl (C=O) groups is 1. The van der Waals surface area contributed by atoms with Crippen LogP contribution in [0.4, 0.5) is 0 Å². The lowest BCUT2D eigenvalue weighted by molar-refractivity contribution is -0.254. The molecule has 1 aliphatic rings. The van der Waals surface area contributed by atoms with E-state index in [1.54, 1.807) is 0 Å². The number of nitrogens with one attached hydrogen (secondary N) is 1. The quantitative estimate of drug-likeness (QED) is 0.206. The monoisotopic (exact) mass is 357 g/mol. The molecule has 0 aromatic rings. The van der Waals surface area contributed by atoms with E-state index in [4.69, 9.17) is 20.1 Å². The smallest absolute Gasteiger partial charge is 0.252 e. The van der Waals surface area contributed by atoms with Crippen LogP contribution in [0.25, 0.3) is 0 Å². The van der Waals surface area contributed by atoms with E-state index in [0.29, 0.717) is 0 Å². The number of aliphatic hydroxyl groups is 9. The van der Waals surface area contributed by atoms with Crippen molar-refractivity contribution in [2.75, 3.05) is 13.2 Å². The van der Waals surface area contributed by atoms with Crippen molar-refractivity contribution in [1.82, 2.24) is 5.32 Å². The van der Waals surface area contributed by atoms with E-state index < -0.39 is 74.2 Å². The molecule has 1 heterocycles. The molecule has 0 bridgehead atoms. The number of amides is 1. The molecule has 10 N–H and O–H groups in total. The summed E-state index contributed by atoms with van der Waals surface area (Å²) < 4.78 is 4.79. The Morgan fingerprint density at radius 1 is 1.00 bits per heavy atom. The molecular weight excluding hydrogens is 334 g/mol. The molecule has 142 valence electrons. The highest BCUT2D eigenvalue weighted by Gasteiger charge is 2.45. The van der Waals surface area contributed by atoms with Crippen molar-refractivity contribution in [2.24, 2.45) is 0 Å². The van der Waals surface area contributed by atoms with Crippen LogP contribution in [0.1, 0.15) is 0 Å². The molecule has 0 aromatic carbocycles. The van der Waals surface area contributed by atoms with Gasteiger partial charge in [0.1, 0.15) is 42.7 Å². The zero-order valence-electron chi connectivity index (χ0n) is 12.5. The Morgan fingerprint density at radius 3 is 2.08 bits per heavy atom. The highest BCUT2D eigenvalue weighted by Crippen LogP contribution is 2.20. The minimum absolute atomic E-state index is 0.706. The van der Waals surface area contributed by atoms with E-state index in [0.717, 1.165) is 0 Å². The number of hydrogen-bond donors (Lipinski definition) is 10. The lowest BCUT2D eigenvalue weighted by atomic mass is 9.96. The number of ether oxygens (including phenoxy) is 1. The minimum Gasteiger partial charge on any atom is -0.394 e. The fourth-order valence-corrected chi connectivity index (χ4v) is 2.18. The Balaban J connectivity index is 2.72. The highest BCUT2D eigenvalue weighted by molar-refractivity contribution is 5.81. The number of rotatable bonds is 7. The van der Waals surface area contributed by atoms with Crippen LogP contribution in [0.15, 0.2) is 0 Å². The first-order valence-electron chi connectivity index (χ1n) is 7.09. The topological polar surface area (TPSA) is 220 Å². The van der Waals surface area contributed by atoms with Crippen molar-refractivity contribution in [3.63, 3.8) is 0 Å². The van der Waals surface area contributed by atoms with Gasteiger partial charge in [-0.05, 0) is 0 Å². The van der Waals surface area contributed by atoms with Gasteiger partial charge in [-0.2, -0.15) is 0 Å². The number of carbonyl (C=O) groups excluding carboxylic acids is 1. The normalized spacial score (nSPS) is 35.8. The summed E-state index contributed by atoms with van der Waals surface area (Å²) in [4.78, 5) is 11.8. The average Bonchev–Trinajstić information content (AvgIpc) is 2.58. The van der Waals surface area contributed by atoms with Gasteiger partial charge in [-0.25, -0.2) is 0 Å². The number of hydrogen-bond acceptors (Lipinski definition) is 11. The molecule has 24 heavy (non-hydrogen) atoms. The molecule has 1 aliphatic heterocycles. The van der Waals surface area contributed by atoms with Crippen molar-refractivity contribution in [2.45, 2.75) is 55.1 Å². The summed E-state index contributed by atoms with van der Waals surface area (Å²) in [6.07, 6.45) is -14.8. The molecule has 12 nitrogen and oxygen atoms in total. The van der Waals surface area contributed by atoms with Crippen LogP contribution in [0.3, 0.4) is 0 Å². The molecule has 0 aliphatic carbocycles. The Kier molecular flexibility index (Phi) is 7.88. The van der Waals surface area contributed by atoms with E-state index in [2.05, 4.69) is 0 Å². The van der Waals surface area contributed by atoms with Gasteiger partial charge in [-0.1, -0.05) is 0 Å². The second-order valence-corrected chi connectivity index (χ2v) is 5.44. The maximum absolute atomic E-state index is 11.8. The first-order valence-corrected chi connectivity index (χ1v) is 7.09. The van der Waals surface area contributed by atoms with Gasteiger partial charge in [0, 0.05) is 0 Å². The molecule has 0 radical (unpaired) electrons. The van der Waals surface area contributed by atoms with Crippen LogP contribution in [0, 0.1) is 0 Å². The molecular formula is C12H23NO11. The lowest BCUT2D eigenvalue weighted by Crippen LogP contribution is -2.65. The molecule has 9 atom stereocenters. The molecule has 1 rings (SSSR count). The summed E-state index contributed by atoms with van der Waals surface area (Å²) in [7, 11) is 0. The third kappa shape index (κ3) is 4.58. The Hall–Kier alpha value is -0.930. The zero-order valence-corrected chi connectivity index (χ0v) is 12.5. The molecule has 0 spiro atoms. The molecule has 1 fully saturated rings. The van der Waals surface area contributed by atoms with Gasteiger partial charge >= 0.3 is 0 Å². The van der Waals surface area contributed by atoms with Crippen molar-refractivity contribution in [3.8, 4) is 0 Å². The third-order valence-corrected chi connectivity index (χ3v) is 3.73. The molecule has 0 saturated carbocycles. The fraction of sp³-hybridized carbons (Fsp3) is 0.917. The van der Waals surface area contributed by atoms with Gasteiger partial charge in [0.2, 0.25) is 0 Å². The summed E-state index contributed by atoms with van der Waals surface area (Å²) >= 11 is 0. The largest absolute Gasteiger partial charge is 0.394 e. The second kappa shape index (κ2) is 8.96. The third-order valence-electron chi connectivity index (χ3n) is 3.73. The van der Waals surface area contributed by atoms with E-state index in [1.807, 2.05) is 5.32 Å². The van der Waals surface area contributed by atoms with Gasteiger partial charge in [0.05, 0.1) is 13.2 Å². The van der Waals surface area contributed by atoms with E-state index >= 15 is 0 Å². The number of aliphatic hydroxyl groups excluding tert-OH is 9. The summed E-state index contributed by atoms with van der Waals surface area (Å²) in [6, 6.07) is -1.60. The first kappa shape index (κ1) is 21.1. The Bertz CT molecular complexity index is 410. The summed E-state index contributed by atoms with van der Waals surface area (Å²) in [5.41, 5.74) is 0. The van der Waals surface area contributed by atoms with Gasteiger partial charge in [-0.15, -0.1) is 0 Å². The lowest BCUT2D eigenvalue weighted by Gasteiger charge is -2.40. The van der Waals surface area contributed by atoms with Crippen molar-refractivity contribution in [3.05, 3.63) is 0 Å². The predicted molar refractivity (Wildman–Crippen MR) is 73.0 cm³/mol. The van der Waals surface area contributed by atoms with Gasteiger partial charge in [-0.3, -0.25) is 4.79 Å². The van der Waals surface area contributed by atoms with Gasteiger partial charge < -0.3 is 56.0 Å². The van der Waals surface area contributed by atoms with E-state index in [9.17, 15) is 35.4 Å². The minimum atomic E-state index is -2.28. The Labute approximate surface area is 136 Å². The maximum Gasteiger partial charge on any atom is 0.252 e. The van der Waals surface area contributed by atoms with Gasteiger partial charge in [0.25, 0.3) is 5.91 Å². The van der Waals surface area contributed by atoms with Crippen molar-refractivity contribution in [1.29, 1.82) is 0 Å².